The summed E-state index contributed by atoms with van der Waals surface area (Å²) >= 11 is 1.78. The van der Waals surface area contributed by atoms with Gasteiger partial charge in [-0.05, 0) is 94.2 Å². The van der Waals surface area contributed by atoms with Crippen LogP contribution in [-0.2, 0) is 17.6 Å². The molecule has 0 saturated carbocycles. The molecule has 5 heteroatoms. The molecule has 2 atom stereocenters. The van der Waals surface area contributed by atoms with Crippen molar-refractivity contribution < 1.29 is 9.90 Å². The Morgan fingerprint density at radius 1 is 1.00 bits per heavy atom. The van der Waals surface area contributed by atoms with Crippen molar-refractivity contribution in [2.45, 2.75) is 133 Å². The van der Waals surface area contributed by atoms with Gasteiger partial charge < -0.3 is 14.9 Å². The van der Waals surface area contributed by atoms with Gasteiger partial charge in [0.1, 0.15) is 0 Å². The molecule has 0 radical (unpaired) electrons. The fraction of sp³-hybridized carbons (Fsp3) is 0.531. The highest BCUT2D eigenvalue weighted by atomic mass is 32.2. The van der Waals surface area contributed by atoms with Gasteiger partial charge in [0, 0.05) is 53.8 Å². The van der Waals surface area contributed by atoms with Crippen molar-refractivity contribution in [3.05, 3.63) is 118 Å². The molecule has 2 aliphatic rings. The Bertz CT molecular complexity index is 1450. The molecule has 0 spiro atoms. The van der Waals surface area contributed by atoms with Crippen molar-refractivity contribution in [1.82, 2.24) is 9.80 Å². The van der Waals surface area contributed by atoms with E-state index >= 15 is 0 Å². The average Bonchev–Trinajstić information content (AvgIpc) is 3.17. The van der Waals surface area contributed by atoms with E-state index in [4.69, 9.17) is 11.5 Å². The quantitative estimate of drug-likeness (QED) is 0.134. The maximum absolute atomic E-state index is 10.4. The SMILES string of the molecule is C#CC1\C=C(S/C=C\CC)/C(C)=C\C=C\C1(C)CC/C(C)=C/CC.C=C(C)N1CCN(C(=C)CCC(=O)O)CC1.CC.CCCCc1ccccc1CC. The lowest BCUT2D eigenvalue weighted by Gasteiger charge is -2.38. The molecule has 1 aliphatic carbocycles. The van der Waals surface area contributed by atoms with Crippen LogP contribution in [0.1, 0.15) is 132 Å². The number of benzene rings is 1. The minimum absolute atomic E-state index is 0.00489. The first-order chi connectivity index (χ1) is 25.8. The molecule has 1 aromatic carbocycles. The molecular formula is C49H76N2O2S. The first-order valence-corrected chi connectivity index (χ1v) is 21.4. The number of carboxylic acids is 1. The van der Waals surface area contributed by atoms with E-state index in [0.29, 0.717) is 6.42 Å². The minimum Gasteiger partial charge on any atom is -0.481 e. The molecule has 1 fully saturated rings. The van der Waals surface area contributed by atoms with E-state index < -0.39 is 5.97 Å². The molecule has 2 unspecified atom stereocenters. The number of hydrogen-bond acceptors (Lipinski definition) is 4. The maximum atomic E-state index is 10.4. The standard InChI is InChI=1S/C23H32S.C12H20N2O2.C12H18.C2H6/c1-7-10-17-24-22-18-21(9-3)23(6,15-11-13-20(22)5)16-14-19(4)12-8-2;1-10(2)13-6-8-14(9-7-13)11(3)4-5-12(15)16;1-3-5-8-12-10-7-6-9-11(12)4-2;1-2/h3,10-13,15,17-18,21H,7-8,14,16H2,1-2,4-6H3;1,3-9H2,2H3,(H,15,16);6-7,9-10H,3-5,8H2,1-2H3;1-2H3/b15-11+,17-10-,19-12+,20-13-,22-18+;;;. The van der Waals surface area contributed by atoms with Crippen molar-refractivity contribution in [2.75, 3.05) is 26.2 Å². The van der Waals surface area contributed by atoms with E-state index in [0.717, 1.165) is 63.3 Å². The molecule has 1 aliphatic heterocycles. The first-order valence-electron chi connectivity index (χ1n) is 20.5. The van der Waals surface area contributed by atoms with Crippen LogP contribution in [0.3, 0.4) is 0 Å². The topological polar surface area (TPSA) is 43.8 Å². The molecule has 1 N–H and O–H groups in total. The fourth-order valence-electron chi connectivity index (χ4n) is 6.14. The Kier molecular flexibility index (Phi) is 27.7. The van der Waals surface area contributed by atoms with Crippen LogP contribution >= 0.6 is 11.8 Å². The minimum atomic E-state index is -0.762. The number of thioether (sulfide) groups is 1. The summed E-state index contributed by atoms with van der Waals surface area (Å²) in [5.41, 5.74) is 7.82. The van der Waals surface area contributed by atoms with Crippen LogP contribution in [0.25, 0.3) is 0 Å². The third-order valence-corrected chi connectivity index (χ3v) is 10.8. The molecule has 1 heterocycles. The van der Waals surface area contributed by atoms with Crippen LogP contribution in [-0.4, -0.2) is 47.1 Å². The number of aliphatic carboxylic acids is 1. The predicted octanol–water partition coefficient (Wildman–Crippen LogP) is 13.6. The molecule has 1 saturated heterocycles. The summed E-state index contributed by atoms with van der Waals surface area (Å²) in [4.78, 5) is 16.1. The Morgan fingerprint density at radius 2 is 1.63 bits per heavy atom. The number of terminal acetylenes is 1. The van der Waals surface area contributed by atoms with Crippen LogP contribution in [0.4, 0.5) is 0 Å². The zero-order chi connectivity index (χ0) is 40.9. The zero-order valence-corrected chi connectivity index (χ0v) is 36.8. The Hall–Kier alpha value is -3.62. The normalized spacial score (nSPS) is 20.8. The van der Waals surface area contributed by atoms with Gasteiger partial charge in [-0.2, -0.15) is 0 Å². The molecule has 0 bridgehead atoms. The summed E-state index contributed by atoms with van der Waals surface area (Å²) in [5, 5.41) is 10.8. The van der Waals surface area contributed by atoms with Gasteiger partial charge in [-0.15, -0.1) is 6.42 Å². The van der Waals surface area contributed by atoms with Crippen molar-refractivity contribution in [3.8, 4) is 12.3 Å². The second-order valence-electron chi connectivity index (χ2n) is 14.1. The van der Waals surface area contributed by atoms with E-state index in [2.05, 4.69) is 143 Å². The van der Waals surface area contributed by atoms with Crippen molar-refractivity contribution in [3.63, 3.8) is 0 Å². The third-order valence-electron chi connectivity index (χ3n) is 9.75. The highest BCUT2D eigenvalue weighted by Gasteiger charge is 2.30. The number of carbonyl (C=O) groups is 1. The van der Waals surface area contributed by atoms with Gasteiger partial charge in [-0.1, -0.05) is 152 Å². The Morgan fingerprint density at radius 3 is 2.17 bits per heavy atom. The lowest BCUT2D eigenvalue weighted by Crippen LogP contribution is -2.44. The zero-order valence-electron chi connectivity index (χ0n) is 36.0. The maximum Gasteiger partial charge on any atom is 0.303 e. The summed E-state index contributed by atoms with van der Waals surface area (Å²) in [5.74, 6) is 2.40. The lowest BCUT2D eigenvalue weighted by molar-refractivity contribution is -0.137. The van der Waals surface area contributed by atoms with Gasteiger partial charge in [0.25, 0.3) is 0 Å². The largest absolute Gasteiger partial charge is 0.481 e. The Labute approximate surface area is 337 Å². The van der Waals surface area contributed by atoms with Crippen LogP contribution in [0.2, 0.25) is 0 Å². The number of nitrogens with zero attached hydrogens (tertiary/aromatic N) is 2. The van der Waals surface area contributed by atoms with E-state index in [-0.39, 0.29) is 17.8 Å². The molecular weight excluding hydrogens is 681 g/mol. The summed E-state index contributed by atoms with van der Waals surface area (Å²) in [6, 6.07) is 8.78. The van der Waals surface area contributed by atoms with Crippen molar-refractivity contribution in [1.29, 1.82) is 0 Å². The van der Waals surface area contributed by atoms with E-state index in [1.165, 1.54) is 47.3 Å². The van der Waals surface area contributed by atoms with Crippen molar-refractivity contribution >= 4 is 17.7 Å². The molecule has 300 valence electrons. The molecule has 3 rings (SSSR count). The molecule has 0 amide bonds. The van der Waals surface area contributed by atoms with Gasteiger partial charge in [0.15, 0.2) is 0 Å². The van der Waals surface area contributed by atoms with Crippen LogP contribution in [0, 0.1) is 23.7 Å². The third kappa shape index (κ3) is 20.2. The van der Waals surface area contributed by atoms with Crippen LogP contribution in [0.15, 0.2) is 107 Å². The van der Waals surface area contributed by atoms with Crippen LogP contribution in [0.5, 0.6) is 0 Å². The number of carboxylic acid groups (broad SMARTS) is 1. The molecule has 1 aromatic rings. The molecule has 0 aromatic heterocycles. The van der Waals surface area contributed by atoms with Gasteiger partial charge in [-0.3, -0.25) is 4.79 Å². The smallest absolute Gasteiger partial charge is 0.303 e. The predicted molar refractivity (Wildman–Crippen MR) is 241 cm³/mol. The Balaban J connectivity index is 0.000000809. The second kappa shape index (κ2) is 29.7. The molecule has 54 heavy (non-hydrogen) atoms. The van der Waals surface area contributed by atoms with Gasteiger partial charge >= 0.3 is 5.97 Å². The van der Waals surface area contributed by atoms with Gasteiger partial charge in [-0.25, -0.2) is 0 Å². The van der Waals surface area contributed by atoms with Crippen molar-refractivity contribution in [2.24, 2.45) is 11.3 Å². The fourth-order valence-corrected chi connectivity index (χ4v) is 7.05. The summed E-state index contributed by atoms with van der Waals surface area (Å²) in [7, 11) is 0. The summed E-state index contributed by atoms with van der Waals surface area (Å²) in [6.07, 6.45) is 29.5. The van der Waals surface area contributed by atoms with Gasteiger partial charge in [0.05, 0.1) is 6.42 Å². The van der Waals surface area contributed by atoms with E-state index in [1.54, 1.807) is 17.3 Å². The second-order valence-corrected chi connectivity index (χ2v) is 15.1. The number of rotatable bonds is 16. The lowest BCUT2D eigenvalue weighted by atomic mass is 9.72. The molecule has 4 nitrogen and oxygen atoms in total. The summed E-state index contributed by atoms with van der Waals surface area (Å²) in [6.45, 7) is 33.1. The highest BCUT2D eigenvalue weighted by molar-refractivity contribution is 8.06. The number of piperazine rings is 1. The number of allylic oxidation sites excluding steroid dienone is 10. The van der Waals surface area contributed by atoms with E-state index in [1.807, 2.05) is 20.8 Å². The summed E-state index contributed by atoms with van der Waals surface area (Å²) < 4.78 is 0. The average molecular weight is 757 g/mol. The van der Waals surface area contributed by atoms with Gasteiger partial charge in [0.2, 0.25) is 0 Å². The monoisotopic (exact) mass is 757 g/mol. The highest BCUT2D eigenvalue weighted by Crippen LogP contribution is 2.40. The number of unbranched alkanes of at least 4 members (excludes halogenated alkanes) is 1. The van der Waals surface area contributed by atoms with E-state index in [9.17, 15) is 4.79 Å². The first kappa shape index (κ1) is 50.4. The number of aryl methyl sites for hydroxylation is 2. The number of hydrogen-bond donors (Lipinski definition) is 1. The van der Waals surface area contributed by atoms with Crippen LogP contribution < -0.4 is 0 Å².